The first-order valence-corrected chi connectivity index (χ1v) is 24.5. The highest BCUT2D eigenvalue weighted by molar-refractivity contribution is 9.11. The second-order valence-corrected chi connectivity index (χ2v) is 20.1. The zero-order valence-corrected chi connectivity index (χ0v) is 42.2. The van der Waals surface area contributed by atoms with E-state index in [0.29, 0.717) is 80.9 Å². The minimum atomic E-state index is -0.365. The summed E-state index contributed by atoms with van der Waals surface area (Å²) >= 11 is 34.6. The molecular formula is C45H40Br2Cl4N14O2. The third kappa shape index (κ3) is 8.64. The number of halogens is 6. The largest absolute Gasteiger partial charge is 0.321 e. The number of nitrogens with zero attached hydrogens (tertiary/aromatic N) is 11. The van der Waals surface area contributed by atoms with Crippen LogP contribution >= 0.6 is 78.3 Å². The van der Waals surface area contributed by atoms with Gasteiger partial charge < -0.3 is 16.0 Å². The number of likely N-dealkylation sites (tertiary alicyclic amines) is 1. The van der Waals surface area contributed by atoms with Gasteiger partial charge in [0.25, 0.3) is 11.1 Å². The zero-order chi connectivity index (χ0) is 46.8. The molecule has 0 saturated carbocycles. The summed E-state index contributed by atoms with van der Waals surface area (Å²) in [5.74, 6) is 0.624. The van der Waals surface area contributed by atoms with Crippen LogP contribution < -0.4 is 27.1 Å². The molecule has 2 aromatic carbocycles. The Morgan fingerprint density at radius 3 is 1.84 bits per heavy atom. The molecule has 344 valence electrons. The minimum absolute atomic E-state index is 0.0304. The topological polar surface area (TPSA) is 171 Å². The van der Waals surface area contributed by atoms with Gasteiger partial charge in [-0.05, 0) is 120 Å². The Hall–Kier alpha value is -4.92. The third-order valence-electron chi connectivity index (χ3n) is 12.6. The monoisotopic (exact) mass is 1110 g/mol. The number of anilines is 4. The Balaban J connectivity index is 0.868. The van der Waals surface area contributed by atoms with Gasteiger partial charge in [0.1, 0.15) is 0 Å². The Morgan fingerprint density at radius 2 is 1.25 bits per heavy atom. The van der Waals surface area contributed by atoms with E-state index in [0.717, 1.165) is 61.3 Å². The number of hydrogen-bond donors (Lipinski definition) is 3. The summed E-state index contributed by atoms with van der Waals surface area (Å²) in [7, 11) is 2.08. The molecule has 2 fully saturated rings. The van der Waals surface area contributed by atoms with Crippen LogP contribution in [0.2, 0.25) is 20.1 Å². The molecule has 10 rings (SSSR count). The Kier molecular flexibility index (Phi) is 12.7. The standard InChI is InChI=1S/C45H40Br2Cl4N14O2/c1-22-4-5-33(48)40(36(22)50)62-20-31(46)38-29(42(62)66)16-53-45(59-38)58-25-15-56-65(19-25)27-8-11-61(3)35(12-27)28-13-34(49)41(37(51)23(28)2)63-21-32(47)39-30(43(63)67)17-54-44(60-39)57-24-14-55-64(18-24)26-6-9-52-10-7-26/h4-5,13-21,26-27,35,52H,6-12H2,1-3H3,(H,53,58,59)(H,54,57,60). The Bertz CT molecular complexity index is 3390. The summed E-state index contributed by atoms with van der Waals surface area (Å²) in [6, 6.07) is 5.71. The maximum absolute atomic E-state index is 14.1. The van der Waals surface area contributed by atoms with Crippen LogP contribution in [0.4, 0.5) is 23.3 Å². The van der Waals surface area contributed by atoms with Gasteiger partial charge in [0.05, 0.1) is 98.1 Å². The second-order valence-electron chi connectivity index (χ2n) is 16.8. The van der Waals surface area contributed by atoms with Gasteiger partial charge in [-0.3, -0.25) is 33.0 Å². The lowest BCUT2D eigenvalue weighted by Crippen LogP contribution is -2.35. The van der Waals surface area contributed by atoms with Crippen molar-refractivity contribution in [1.29, 1.82) is 0 Å². The van der Waals surface area contributed by atoms with Crippen molar-refractivity contribution >= 4 is 123 Å². The average molecular weight is 1110 g/mol. The van der Waals surface area contributed by atoms with E-state index in [-0.39, 0.29) is 34.5 Å². The first kappa shape index (κ1) is 45.8. The second kappa shape index (κ2) is 18.5. The number of benzene rings is 2. The summed E-state index contributed by atoms with van der Waals surface area (Å²) in [5.41, 5.74) is 4.87. The summed E-state index contributed by atoms with van der Waals surface area (Å²) in [5, 5.41) is 21.1. The number of nitrogens with one attached hydrogen (secondary N) is 3. The van der Waals surface area contributed by atoms with Gasteiger partial charge in [0.15, 0.2) is 0 Å². The van der Waals surface area contributed by atoms with E-state index < -0.39 is 0 Å². The van der Waals surface area contributed by atoms with Crippen molar-refractivity contribution in [3.05, 3.63) is 134 Å². The van der Waals surface area contributed by atoms with Gasteiger partial charge in [-0.1, -0.05) is 52.5 Å². The molecule has 0 aliphatic carbocycles. The molecule has 0 spiro atoms. The van der Waals surface area contributed by atoms with Crippen molar-refractivity contribution in [2.75, 3.05) is 37.3 Å². The van der Waals surface area contributed by atoms with E-state index >= 15 is 0 Å². The summed E-state index contributed by atoms with van der Waals surface area (Å²) in [6.07, 6.45) is 17.2. The van der Waals surface area contributed by atoms with E-state index in [2.05, 4.69) is 84.8 Å². The predicted molar refractivity (Wildman–Crippen MR) is 271 cm³/mol. The fraction of sp³-hybridized carbons (Fsp3) is 0.289. The van der Waals surface area contributed by atoms with Gasteiger partial charge in [-0.15, -0.1) is 0 Å². The molecule has 6 aromatic heterocycles. The Morgan fingerprint density at radius 1 is 0.701 bits per heavy atom. The van der Waals surface area contributed by atoms with Crippen LogP contribution in [0.25, 0.3) is 33.2 Å². The molecule has 2 unspecified atom stereocenters. The van der Waals surface area contributed by atoms with E-state index in [4.69, 9.17) is 51.5 Å². The average Bonchev–Trinajstić information content (AvgIpc) is 4.00. The number of rotatable bonds is 9. The summed E-state index contributed by atoms with van der Waals surface area (Å²) in [6.45, 7) is 6.50. The molecule has 22 heteroatoms. The van der Waals surface area contributed by atoms with Crippen LogP contribution in [0, 0.1) is 13.8 Å². The van der Waals surface area contributed by atoms with Gasteiger partial charge in [0, 0.05) is 49.8 Å². The van der Waals surface area contributed by atoms with Crippen LogP contribution in [0.1, 0.15) is 60.5 Å². The lowest BCUT2D eigenvalue weighted by molar-refractivity contribution is 0.139. The van der Waals surface area contributed by atoms with Crippen molar-refractivity contribution in [3.8, 4) is 11.4 Å². The number of piperidine rings is 2. The number of fused-ring (bicyclic) bond motifs is 2. The molecule has 67 heavy (non-hydrogen) atoms. The zero-order valence-electron chi connectivity index (χ0n) is 36.0. The molecule has 2 aliphatic rings. The van der Waals surface area contributed by atoms with Crippen molar-refractivity contribution in [2.45, 2.75) is 57.7 Å². The molecule has 8 heterocycles. The molecule has 0 amide bonds. The highest BCUT2D eigenvalue weighted by Crippen LogP contribution is 2.43. The van der Waals surface area contributed by atoms with Crippen LogP contribution in [0.3, 0.4) is 0 Å². The van der Waals surface area contributed by atoms with Crippen molar-refractivity contribution in [2.24, 2.45) is 0 Å². The predicted octanol–water partition coefficient (Wildman–Crippen LogP) is 10.4. The molecule has 2 saturated heterocycles. The van der Waals surface area contributed by atoms with Crippen molar-refractivity contribution < 1.29 is 0 Å². The number of pyridine rings is 2. The maximum Gasteiger partial charge on any atom is 0.266 e. The number of aryl methyl sites for hydroxylation is 1. The van der Waals surface area contributed by atoms with Crippen LogP contribution in [0.5, 0.6) is 0 Å². The number of aromatic nitrogens is 10. The molecule has 16 nitrogen and oxygen atoms in total. The van der Waals surface area contributed by atoms with Gasteiger partial charge in [-0.25, -0.2) is 19.9 Å². The van der Waals surface area contributed by atoms with E-state index in [1.165, 1.54) is 21.5 Å². The molecule has 8 aromatic rings. The SMILES string of the molecule is Cc1ccc(Cl)c(-n2cc(Br)c3nc(Nc4cnn(C5CCN(C)C(c6cc(Cl)c(-n7cc(Br)c8nc(Nc9cnn(C%10CCNCC%10)c9)ncc8c7=O)c(Cl)c6C)C5)c4)ncc3c2=O)c1Cl. The van der Waals surface area contributed by atoms with Crippen LogP contribution in [-0.4, -0.2) is 80.2 Å². The maximum atomic E-state index is 14.1. The van der Waals surface area contributed by atoms with E-state index in [1.54, 1.807) is 36.9 Å². The minimum Gasteiger partial charge on any atom is -0.321 e. The molecule has 2 atom stereocenters. The van der Waals surface area contributed by atoms with Crippen LogP contribution in [-0.2, 0) is 0 Å². The van der Waals surface area contributed by atoms with E-state index in [9.17, 15) is 9.59 Å². The first-order valence-electron chi connectivity index (χ1n) is 21.4. The summed E-state index contributed by atoms with van der Waals surface area (Å²) in [4.78, 5) is 48.4. The normalized spacial score (nSPS) is 17.1. The van der Waals surface area contributed by atoms with Crippen LogP contribution in [0.15, 0.2) is 86.3 Å². The smallest absolute Gasteiger partial charge is 0.266 e. The van der Waals surface area contributed by atoms with Crippen molar-refractivity contribution in [1.82, 2.24) is 58.8 Å². The fourth-order valence-corrected chi connectivity index (χ4v) is 11.2. The van der Waals surface area contributed by atoms with E-state index in [1.807, 2.05) is 41.7 Å². The molecule has 3 N–H and O–H groups in total. The lowest BCUT2D eigenvalue weighted by Gasteiger charge is -2.38. The first-order chi connectivity index (χ1) is 32.2. The number of hydrogen-bond acceptors (Lipinski definition) is 12. The molecular weight excluding hydrogens is 1070 g/mol. The fourth-order valence-electron chi connectivity index (χ4n) is 8.97. The highest BCUT2D eigenvalue weighted by Gasteiger charge is 2.32. The lowest BCUT2D eigenvalue weighted by atomic mass is 9.89. The quantitative estimate of drug-likeness (QED) is 0.125. The molecule has 0 radical (unpaired) electrons. The molecule has 2 aliphatic heterocycles. The highest BCUT2D eigenvalue weighted by atomic mass is 79.9. The Labute approximate surface area is 419 Å². The van der Waals surface area contributed by atoms with Gasteiger partial charge in [0.2, 0.25) is 11.9 Å². The summed E-state index contributed by atoms with van der Waals surface area (Å²) < 4.78 is 7.89. The third-order valence-corrected chi connectivity index (χ3v) is 15.3. The van der Waals surface area contributed by atoms with Gasteiger partial charge in [-0.2, -0.15) is 10.2 Å². The molecule has 0 bridgehead atoms. The van der Waals surface area contributed by atoms with Crippen molar-refractivity contribution in [3.63, 3.8) is 0 Å². The van der Waals surface area contributed by atoms with Gasteiger partial charge >= 0.3 is 0 Å².